The van der Waals surface area contributed by atoms with Crippen LogP contribution in [0.5, 0.6) is 0 Å². The normalized spacial score (nSPS) is 12.0. The Hall–Kier alpha value is -1.73. The standard InChI is InChI=1S/C15H10Cl3N3O2S/c16-10-6-11(17)14(12(18)7-10)24(22,23)21-15-19-8-13(20-15)9-4-2-1-3-5-9/h1-8H,(H2,19,20,21)/i2T. The largest absolute Gasteiger partial charge is 0.323 e. The molecule has 3 aromatic rings. The number of nitrogens with zero attached hydrogens (tertiary/aromatic N) is 1. The molecule has 124 valence electrons. The molecule has 5 nitrogen and oxygen atoms in total. The van der Waals surface area contributed by atoms with Gasteiger partial charge in [0.1, 0.15) is 4.90 Å². The summed E-state index contributed by atoms with van der Waals surface area (Å²) < 4.78 is 35.0. The molecule has 0 spiro atoms. The van der Waals surface area contributed by atoms with Gasteiger partial charge in [0.05, 0.1) is 23.3 Å². The summed E-state index contributed by atoms with van der Waals surface area (Å²) in [7, 11) is -4.07. The molecule has 0 fully saturated rings. The van der Waals surface area contributed by atoms with Crippen LogP contribution in [0.25, 0.3) is 11.3 Å². The summed E-state index contributed by atoms with van der Waals surface area (Å²) in [4.78, 5) is 6.54. The number of aromatic amines is 1. The van der Waals surface area contributed by atoms with E-state index in [9.17, 15) is 8.42 Å². The number of benzene rings is 2. The Balaban J connectivity index is 1.93. The van der Waals surface area contributed by atoms with Gasteiger partial charge in [0.2, 0.25) is 5.95 Å². The zero-order chi connectivity index (χ0) is 18.2. The predicted octanol–water partition coefficient (Wildman–Crippen LogP) is 4.84. The van der Waals surface area contributed by atoms with Crippen molar-refractivity contribution >= 4 is 50.8 Å². The average Bonchev–Trinajstić information content (AvgIpc) is 2.93. The fourth-order valence-electron chi connectivity index (χ4n) is 2.04. The molecule has 0 aliphatic heterocycles. The van der Waals surface area contributed by atoms with Crippen LogP contribution in [0.15, 0.2) is 53.5 Å². The molecule has 0 unspecified atom stereocenters. The molecule has 0 bridgehead atoms. The van der Waals surface area contributed by atoms with Crippen molar-refractivity contribution in [3.63, 3.8) is 0 Å². The van der Waals surface area contributed by atoms with E-state index in [1.807, 2.05) is 0 Å². The number of anilines is 1. The second-order valence-electron chi connectivity index (χ2n) is 4.74. The molecule has 0 atom stereocenters. The molecule has 0 aliphatic rings. The molecule has 0 saturated heterocycles. The van der Waals surface area contributed by atoms with Gasteiger partial charge in [-0.2, -0.15) is 0 Å². The Kier molecular flexibility index (Phi) is 4.37. The van der Waals surface area contributed by atoms with E-state index in [0.29, 0.717) is 17.3 Å². The van der Waals surface area contributed by atoms with Crippen LogP contribution in [0.2, 0.25) is 15.1 Å². The lowest BCUT2D eigenvalue weighted by atomic mass is 10.2. The summed E-state index contributed by atoms with van der Waals surface area (Å²) in [6.07, 6.45) is 1.46. The number of H-pyrrole nitrogens is 1. The quantitative estimate of drug-likeness (QED) is 0.653. The van der Waals surface area contributed by atoms with Crippen LogP contribution in [0.1, 0.15) is 1.37 Å². The Labute approximate surface area is 155 Å². The van der Waals surface area contributed by atoms with Gasteiger partial charge < -0.3 is 4.98 Å². The number of hydrogen-bond acceptors (Lipinski definition) is 3. The number of sulfonamides is 1. The average molecular weight is 405 g/mol. The van der Waals surface area contributed by atoms with E-state index in [2.05, 4.69) is 14.7 Å². The maximum absolute atomic E-state index is 12.5. The first kappa shape index (κ1) is 15.8. The van der Waals surface area contributed by atoms with Crippen LogP contribution in [0, 0.1) is 0 Å². The van der Waals surface area contributed by atoms with Crippen LogP contribution in [0.3, 0.4) is 0 Å². The van der Waals surface area contributed by atoms with E-state index >= 15 is 0 Å². The van der Waals surface area contributed by atoms with Gasteiger partial charge in [0, 0.05) is 5.02 Å². The third kappa shape index (κ3) is 3.52. The lowest BCUT2D eigenvalue weighted by Gasteiger charge is -2.09. The van der Waals surface area contributed by atoms with E-state index in [1.54, 1.807) is 24.3 Å². The molecule has 0 aliphatic carbocycles. The van der Waals surface area contributed by atoms with Gasteiger partial charge in [0.25, 0.3) is 10.0 Å². The Morgan fingerprint density at radius 1 is 1.12 bits per heavy atom. The van der Waals surface area contributed by atoms with Crippen molar-refractivity contribution in [2.45, 2.75) is 4.90 Å². The Morgan fingerprint density at radius 3 is 2.50 bits per heavy atom. The highest BCUT2D eigenvalue weighted by Gasteiger charge is 2.23. The van der Waals surface area contributed by atoms with Gasteiger partial charge >= 0.3 is 0 Å². The summed E-state index contributed by atoms with van der Waals surface area (Å²) in [5, 5.41) is 0.0295. The van der Waals surface area contributed by atoms with Gasteiger partial charge in [0.15, 0.2) is 0 Å². The number of hydrogen-bond donors (Lipinski definition) is 2. The number of rotatable bonds is 4. The van der Waals surface area contributed by atoms with Crippen LogP contribution in [-0.2, 0) is 10.0 Å². The van der Waals surface area contributed by atoms with Crippen molar-refractivity contribution in [1.82, 2.24) is 9.97 Å². The van der Waals surface area contributed by atoms with Gasteiger partial charge in [-0.25, -0.2) is 18.1 Å². The summed E-state index contributed by atoms with van der Waals surface area (Å²) >= 11 is 17.7. The molecule has 2 aromatic carbocycles. The second-order valence-corrected chi connectivity index (χ2v) is 7.61. The molecule has 3 rings (SSSR count). The summed E-state index contributed by atoms with van der Waals surface area (Å²) in [5.41, 5.74) is 1.26. The zero-order valence-corrected chi connectivity index (χ0v) is 14.9. The van der Waals surface area contributed by atoms with Crippen molar-refractivity contribution in [1.29, 1.82) is 0 Å². The van der Waals surface area contributed by atoms with Crippen LogP contribution in [0.4, 0.5) is 5.95 Å². The van der Waals surface area contributed by atoms with E-state index in [1.165, 1.54) is 18.3 Å². The van der Waals surface area contributed by atoms with Crippen molar-refractivity contribution in [2.75, 3.05) is 4.72 Å². The summed E-state index contributed by atoms with van der Waals surface area (Å²) in [5.74, 6) is -0.00697. The first-order chi connectivity index (χ1) is 11.8. The molecule has 1 aromatic heterocycles. The highest BCUT2D eigenvalue weighted by Crippen LogP contribution is 2.33. The summed E-state index contributed by atoms with van der Waals surface area (Å²) in [6.45, 7) is 0. The number of halogens is 3. The van der Waals surface area contributed by atoms with Gasteiger partial charge in [-0.3, -0.25) is 0 Å². The highest BCUT2D eigenvalue weighted by molar-refractivity contribution is 7.93. The van der Waals surface area contributed by atoms with Gasteiger partial charge in [-0.05, 0) is 17.7 Å². The lowest BCUT2D eigenvalue weighted by molar-refractivity contribution is 0.601. The molecule has 0 saturated carbocycles. The minimum atomic E-state index is -4.07. The van der Waals surface area contributed by atoms with E-state index in [4.69, 9.17) is 36.2 Å². The van der Waals surface area contributed by atoms with E-state index in [0.717, 1.165) is 0 Å². The monoisotopic (exact) mass is 403 g/mol. The van der Waals surface area contributed by atoms with Crippen molar-refractivity contribution < 1.29 is 9.79 Å². The highest BCUT2D eigenvalue weighted by atomic mass is 35.5. The SMILES string of the molecule is [3H]c1cccc(-c2cnc(NS(=O)(=O)c3c(Cl)cc(Cl)cc3Cl)[nH]2)c1. The molecule has 9 heteroatoms. The molecule has 0 amide bonds. The van der Waals surface area contributed by atoms with Crippen LogP contribution >= 0.6 is 34.8 Å². The number of nitrogens with one attached hydrogen (secondary N) is 2. The molecular formula is C15H10Cl3N3O2S. The molecule has 1 heterocycles. The second kappa shape index (κ2) is 6.64. The molecule has 0 radical (unpaired) electrons. The Morgan fingerprint density at radius 2 is 1.83 bits per heavy atom. The first-order valence-electron chi connectivity index (χ1n) is 7.06. The third-order valence-corrected chi connectivity index (χ3v) is 5.53. The minimum absolute atomic E-state index is 0.00697. The van der Waals surface area contributed by atoms with Crippen LogP contribution < -0.4 is 4.72 Å². The molecule has 2 N–H and O–H groups in total. The van der Waals surface area contributed by atoms with E-state index < -0.39 is 10.0 Å². The van der Waals surface area contributed by atoms with Gasteiger partial charge in [-0.1, -0.05) is 65.1 Å². The third-order valence-electron chi connectivity index (χ3n) is 3.06. The summed E-state index contributed by atoms with van der Waals surface area (Å²) in [6, 6.07) is 9.65. The topological polar surface area (TPSA) is 74.8 Å². The number of imidazole rings is 1. The van der Waals surface area contributed by atoms with Gasteiger partial charge in [-0.15, -0.1) is 0 Å². The van der Waals surface area contributed by atoms with Crippen molar-refractivity contribution in [3.05, 3.63) is 63.7 Å². The fraction of sp³-hybridized carbons (Fsp3) is 0. The molecule has 24 heavy (non-hydrogen) atoms. The molecular weight excluding hydrogens is 393 g/mol. The fourth-order valence-corrected chi connectivity index (χ4v) is 4.56. The number of aromatic nitrogens is 2. The smallest absolute Gasteiger partial charge is 0.267 e. The maximum Gasteiger partial charge on any atom is 0.267 e. The predicted molar refractivity (Wildman–Crippen MR) is 96.3 cm³/mol. The minimum Gasteiger partial charge on any atom is -0.323 e. The van der Waals surface area contributed by atoms with Crippen LogP contribution in [-0.4, -0.2) is 18.4 Å². The maximum atomic E-state index is 12.5. The first-order valence-corrected chi connectivity index (χ1v) is 9.17. The van der Waals surface area contributed by atoms with Crippen molar-refractivity contribution in [2.24, 2.45) is 0 Å². The van der Waals surface area contributed by atoms with E-state index in [-0.39, 0.29) is 25.9 Å². The Bertz CT molecular complexity index is 1030. The lowest BCUT2D eigenvalue weighted by Crippen LogP contribution is -2.15. The zero-order valence-electron chi connectivity index (χ0n) is 12.8. The van der Waals surface area contributed by atoms with Crippen molar-refractivity contribution in [3.8, 4) is 11.3 Å².